The van der Waals surface area contributed by atoms with Crippen LogP contribution in [0.25, 0.3) is 0 Å². The van der Waals surface area contributed by atoms with Crippen molar-refractivity contribution in [3.05, 3.63) is 43.5 Å². The van der Waals surface area contributed by atoms with Gasteiger partial charge in [-0.05, 0) is 40.2 Å². The molecule has 0 radical (unpaired) electrons. The first kappa shape index (κ1) is 14.2. The second-order valence-electron chi connectivity index (χ2n) is 4.62. The third-order valence-corrected chi connectivity index (χ3v) is 5.90. The zero-order valence-corrected chi connectivity index (χ0v) is 13.9. The lowest BCUT2D eigenvalue weighted by atomic mass is 9.96. The zero-order chi connectivity index (χ0) is 14.3. The molecule has 1 aliphatic rings. The number of nitrogens with two attached hydrogens (primary N) is 1. The van der Waals surface area contributed by atoms with E-state index in [0.29, 0.717) is 0 Å². The van der Waals surface area contributed by atoms with Gasteiger partial charge in [-0.1, -0.05) is 11.6 Å². The van der Waals surface area contributed by atoms with Crippen LogP contribution in [-0.4, -0.2) is 7.11 Å². The van der Waals surface area contributed by atoms with Crippen molar-refractivity contribution in [1.82, 2.24) is 0 Å². The van der Waals surface area contributed by atoms with Crippen LogP contribution in [0, 0.1) is 0 Å². The molecule has 1 unspecified atom stereocenters. The number of halogens is 2. The number of benzene rings is 1. The predicted molar refractivity (Wildman–Crippen MR) is 84.9 cm³/mol. The van der Waals surface area contributed by atoms with E-state index in [-0.39, 0.29) is 12.1 Å². The van der Waals surface area contributed by atoms with Crippen molar-refractivity contribution in [3.63, 3.8) is 0 Å². The van der Waals surface area contributed by atoms with E-state index >= 15 is 0 Å². The summed E-state index contributed by atoms with van der Waals surface area (Å²) in [6.45, 7) is 0. The molecule has 106 valence electrons. The van der Waals surface area contributed by atoms with Crippen LogP contribution in [0.1, 0.15) is 29.0 Å². The molecule has 6 heteroatoms. The fourth-order valence-electron chi connectivity index (χ4n) is 2.31. The van der Waals surface area contributed by atoms with Gasteiger partial charge in [0.25, 0.3) is 0 Å². The Balaban J connectivity index is 1.92. The van der Waals surface area contributed by atoms with Gasteiger partial charge in [0, 0.05) is 27.4 Å². The summed E-state index contributed by atoms with van der Waals surface area (Å²) < 4.78 is 12.9. The fraction of sp³-hybridized carbons (Fsp3) is 0.286. The number of thiophene rings is 1. The lowest BCUT2D eigenvalue weighted by Crippen LogP contribution is -2.23. The first-order chi connectivity index (χ1) is 9.58. The van der Waals surface area contributed by atoms with Crippen LogP contribution in [0.15, 0.2) is 28.7 Å². The largest absolute Gasteiger partial charge is 0.497 e. The lowest BCUT2D eigenvalue weighted by Gasteiger charge is -2.30. The Morgan fingerprint density at radius 1 is 1.45 bits per heavy atom. The molecule has 3 nitrogen and oxygen atoms in total. The van der Waals surface area contributed by atoms with Crippen molar-refractivity contribution in [2.24, 2.45) is 5.73 Å². The summed E-state index contributed by atoms with van der Waals surface area (Å²) in [5.74, 6) is 1.61. The van der Waals surface area contributed by atoms with Crippen molar-refractivity contribution >= 4 is 38.9 Å². The Kier molecular flexibility index (Phi) is 3.95. The Labute approximate surface area is 134 Å². The number of hydrogen-bond donors (Lipinski definition) is 1. The van der Waals surface area contributed by atoms with E-state index in [4.69, 9.17) is 26.8 Å². The average Bonchev–Trinajstić information content (AvgIpc) is 2.78. The van der Waals surface area contributed by atoms with E-state index in [2.05, 4.69) is 15.9 Å². The Bertz CT molecular complexity index is 627. The highest BCUT2D eigenvalue weighted by Crippen LogP contribution is 2.44. The van der Waals surface area contributed by atoms with Crippen molar-refractivity contribution in [2.75, 3.05) is 7.11 Å². The number of ether oxygens (including phenoxy) is 2. The van der Waals surface area contributed by atoms with E-state index in [1.807, 2.05) is 24.3 Å². The Morgan fingerprint density at radius 2 is 2.25 bits per heavy atom. The van der Waals surface area contributed by atoms with E-state index in [9.17, 15) is 0 Å². The van der Waals surface area contributed by atoms with Gasteiger partial charge in [0.1, 0.15) is 21.9 Å². The molecule has 0 fully saturated rings. The third-order valence-electron chi connectivity index (χ3n) is 3.34. The van der Waals surface area contributed by atoms with E-state index in [0.717, 1.165) is 37.2 Å². The van der Waals surface area contributed by atoms with Crippen molar-refractivity contribution in [1.29, 1.82) is 0 Å². The second-order valence-corrected chi connectivity index (χ2v) is 7.16. The summed E-state index contributed by atoms with van der Waals surface area (Å²) in [6.07, 6.45) is 0.670. The highest BCUT2D eigenvalue weighted by molar-refractivity contribution is 9.10. The van der Waals surface area contributed by atoms with Gasteiger partial charge in [-0.3, -0.25) is 0 Å². The van der Waals surface area contributed by atoms with E-state index < -0.39 is 0 Å². The highest BCUT2D eigenvalue weighted by atomic mass is 79.9. The lowest BCUT2D eigenvalue weighted by molar-refractivity contribution is 0.164. The quantitative estimate of drug-likeness (QED) is 0.829. The average molecular weight is 375 g/mol. The fourth-order valence-corrected chi connectivity index (χ4v) is 4.08. The van der Waals surface area contributed by atoms with Crippen molar-refractivity contribution in [3.8, 4) is 11.5 Å². The minimum absolute atomic E-state index is 0.0558. The smallest absolute Gasteiger partial charge is 0.135 e. The topological polar surface area (TPSA) is 44.5 Å². The number of rotatable bonds is 2. The predicted octanol–water partition coefficient (Wildman–Crippen LogP) is 4.70. The summed E-state index contributed by atoms with van der Waals surface area (Å²) in [6, 6.07) is 7.65. The van der Waals surface area contributed by atoms with Crippen LogP contribution >= 0.6 is 38.9 Å². The highest BCUT2D eigenvalue weighted by Gasteiger charge is 2.29. The molecule has 2 N–H and O–H groups in total. The molecule has 20 heavy (non-hydrogen) atoms. The van der Waals surface area contributed by atoms with Crippen LogP contribution < -0.4 is 15.2 Å². The molecule has 2 atom stereocenters. The van der Waals surface area contributed by atoms with Crippen molar-refractivity contribution < 1.29 is 9.47 Å². The molecule has 0 saturated carbocycles. The summed E-state index contributed by atoms with van der Waals surface area (Å²) in [5, 5.41) is 0. The normalized spacial score (nSPS) is 21.2. The minimum Gasteiger partial charge on any atom is -0.497 e. The summed E-state index contributed by atoms with van der Waals surface area (Å²) >= 11 is 11.0. The molecule has 0 amide bonds. The summed E-state index contributed by atoms with van der Waals surface area (Å²) in [4.78, 5) is 1.08. The van der Waals surface area contributed by atoms with Crippen molar-refractivity contribution in [2.45, 2.75) is 18.6 Å². The van der Waals surface area contributed by atoms with Crippen LogP contribution in [0.2, 0.25) is 4.34 Å². The maximum absolute atomic E-state index is 6.27. The molecule has 2 aromatic rings. The molecule has 0 aliphatic carbocycles. The first-order valence-electron chi connectivity index (χ1n) is 6.13. The maximum atomic E-state index is 6.27. The summed E-state index contributed by atoms with van der Waals surface area (Å²) in [5.41, 5.74) is 7.26. The molecule has 2 heterocycles. The molecule has 3 rings (SSSR count). The molecule has 1 aromatic heterocycles. The first-order valence-corrected chi connectivity index (χ1v) is 8.12. The molecule has 0 saturated heterocycles. The van der Waals surface area contributed by atoms with Gasteiger partial charge in [0.2, 0.25) is 0 Å². The van der Waals surface area contributed by atoms with Crippen LogP contribution in [0.4, 0.5) is 0 Å². The molecule has 1 aliphatic heterocycles. The van der Waals surface area contributed by atoms with Gasteiger partial charge in [0.15, 0.2) is 0 Å². The summed E-state index contributed by atoms with van der Waals surface area (Å²) in [7, 11) is 1.64. The van der Waals surface area contributed by atoms with Gasteiger partial charge >= 0.3 is 0 Å². The van der Waals surface area contributed by atoms with Gasteiger partial charge in [-0.15, -0.1) is 11.3 Å². The SMILES string of the molecule is COc1ccc2c(c1)[C@@H](N)CC(c1cc(Br)c(Cl)s1)O2. The molecule has 0 bridgehead atoms. The van der Waals surface area contributed by atoms with Crippen LogP contribution in [0.3, 0.4) is 0 Å². The molecule has 0 spiro atoms. The van der Waals surface area contributed by atoms with Gasteiger partial charge in [-0.25, -0.2) is 0 Å². The number of fused-ring (bicyclic) bond motifs is 1. The maximum Gasteiger partial charge on any atom is 0.135 e. The number of hydrogen-bond acceptors (Lipinski definition) is 4. The van der Waals surface area contributed by atoms with Crippen LogP contribution in [0.5, 0.6) is 11.5 Å². The van der Waals surface area contributed by atoms with E-state index in [1.165, 1.54) is 11.3 Å². The minimum atomic E-state index is -0.0708. The molecular formula is C14H13BrClNO2S. The zero-order valence-electron chi connectivity index (χ0n) is 10.7. The van der Waals surface area contributed by atoms with E-state index in [1.54, 1.807) is 7.11 Å². The monoisotopic (exact) mass is 373 g/mol. The van der Waals surface area contributed by atoms with Crippen LogP contribution in [-0.2, 0) is 0 Å². The Morgan fingerprint density at radius 3 is 2.90 bits per heavy atom. The molecular weight excluding hydrogens is 362 g/mol. The third kappa shape index (κ3) is 2.55. The van der Waals surface area contributed by atoms with Gasteiger partial charge in [-0.2, -0.15) is 0 Å². The van der Waals surface area contributed by atoms with Gasteiger partial charge in [0.05, 0.1) is 7.11 Å². The standard InChI is InChI=1S/C14H13BrClNO2S/c1-18-7-2-3-11-8(4-7)10(17)6-12(19-11)13-5-9(15)14(16)20-13/h2-5,10,12H,6,17H2,1H3/t10-,12?/m0/s1. The second kappa shape index (κ2) is 5.56. The Hall–Kier alpha value is -0.750. The van der Waals surface area contributed by atoms with Gasteiger partial charge < -0.3 is 15.2 Å². The molecule has 1 aromatic carbocycles. The number of methoxy groups -OCH3 is 1.